The van der Waals surface area contributed by atoms with E-state index < -0.39 is 5.97 Å². The Balaban J connectivity index is 1.61. The van der Waals surface area contributed by atoms with Crippen molar-refractivity contribution < 1.29 is 14.3 Å². The Labute approximate surface area is 144 Å². The molecule has 0 saturated carbocycles. The van der Waals surface area contributed by atoms with Gasteiger partial charge in [-0.05, 0) is 35.2 Å². The largest absolute Gasteiger partial charge is 0.452 e. The number of fused-ring (bicyclic) bond motifs is 1. The summed E-state index contributed by atoms with van der Waals surface area (Å²) in [6.45, 7) is 1.61. The fourth-order valence-electron chi connectivity index (χ4n) is 2.50. The van der Waals surface area contributed by atoms with Crippen LogP contribution in [0, 0.1) is 0 Å². The second kappa shape index (κ2) is 7.27. The molecule has 24 heavy (non-hydrogen) atoms. The number of hydrogen-bond acceptors (Lipinski definition) is 4. The molecule has 0 saturated heterocycles. The molecule has 4 nitrogen and oxygen atoms in total. The van der Waals surface area contributed by atoms with Crippen LogP contribution in [0.1, 0.15) is 28.2 Å². The summed E-state index contributed by atoms with van der Waals surface area (Å²) in [7, 11) is 0. The van der Waals surface area contributed by atoms with Crippen molar-refractivity contribution in [3.8, 4) is 0 Å². The summed E-state index contributed by atoms with van der Waals surface area (Å²) in [4.78, 5) is 25.3. The van der Waals surface area contributed by atoms with Crippen LogP contribution < -0.4 is 5.32 Å². The maximum atomic E-state index is 12.3. The average Bonchev–Trinajstić information content (AvgIpc) is 3.14. The van der Waals surface area contributed by atoms with Crippen molar-refractivity contribution in [2.75, 3.05) is 6.61 Å². The lowest BCUT2D eigenvalue weighted by atomic mass is 10.1. The van der Waals surface area contributed by atoms with Crippen LogP contribution >= 0.6 is 11.3 Å². The molecule has 0 bridgehead atoms. The van der Waals surface area contributed by atoms with Crippen LogP contribution in [-0.4, -0.2) is 18.5 Å². The zero-order chi connectivity index (χ0) is 16.9. The van der Waals surface area contributed by atoms with Gasteiger partial charge in [0.25, 0.3) is 5.91 Å². The first-order valence-corrected chi connectivity index (χ1v) is 8.51. The van der Waals surface area contributed by atoms with Gasteiger partial charge in [0, 0.05) is 4.88 Å². The zero-order valence-corrected chi connectivity index (χ0v) is 14.0. The minimum Gasteiger partial charge on any atom is -0.452 e. The Kier molecular flexibility index (Phi) is 4.91. The zero-order valence-electron chi connectivity index (χ0n) is 13.2. The minimum absolute atomic E-state index is 0.103. The van der Waals surface area contributed by atoms with Crippen molar-refractivity contribution in [1.82, 2.24) is 5.32 Å². The second-order valence-electron chi connectivity index (χ2n) is 5.41. The predicted molar refractivity (Wildman–Crippen MR) is 95.1 cm³/mol. The number of nitrogens with one attached hydrogen (secondary N) is 1. The molecule has 0 unspecified atom stereocenters. The Bertz CT molecular complexity index is 853. The van der Waals surface area contributed by atoms with Gasteiger partial charge >= 0.3 is 5.97 Å². The normalized spacial score (nSPS) is 11.9. The van der Waals surface area contributed by atoms with E-state index >= 15 is 0 Å². The molecule has 0 aliphatic rings. The highest BCUT2D eigenvalue weighted by Gasteiger charge is 2.15. The lowest BCUT2D eigenvalue weighted by Gasteiger charge is -2.12. The summed E-state index contributed by atoms with van der Waals surface area (Å²) < 4.78 is 5.17. The number of hydrogen-bond donors (Lipinski definition) is 1. The van der Waals surface area contributed by atoms with Crippen molar-refractivity contribution in [2.24, 2.45) is 0 Å². The molecule has 1 aromatic heterocycles. The lowest BCUT2D eigenvalue weighted by Crippen LogP contribution is -2.30. The molecule has 1 atom stereocenters. The number of benzene rings is 2. The van der Waals surface area contributed by atoms with Crippen molar-refractivity contribution in [3.63, 3.8) is 0 Å². The molecule has 0 spiro atoms. The maximum Gasteiger partial charge on any atom is 0.339 e. The van der Waals surface area contributed by atoms with E-state index in [-0.39, 0.29) is 18.6 Å². The van der Waals surface area contributed by atoms with Gasteiger partial charge in [0.2, 0.25) is 0 Å². The molecule has 2 aromatic carbocycles. The van der Waals surface area contributed by atoms with Crippen molar-refractivity contribution >= 4 is 34.0 Å². The van der Waals surface area contributed by atoms with Gasteiger partial charge in [-0.15, -0.1) is 11.3 Å². The molecule has 3 rings (SSSR count). The standard InChI is InChI=1S/C19H17NO3S/c1-13(17-10-5-11-24-17)20-18(21)12-23-19(22)16-9-4-7-14-6-2-3-8-15(14)16/h2-11,13H,12H2,1H3,(H,20,21)/t13-/m0/s1. The first kappa shape index (κ1) is 16.2. The highest BCUT2D eigenvalue weighted by atomic mass is 32.1. The smallest absolute Gasteiger partial charge is 0.339 e. The number of rotatable bonds is 5. The number of esters is 1. The van der Waals surface area contributed by atoms with Gasteiger partial charge in [-0.2, -0.15) is 0 Å². The maximum absolute atomic E-state index is 12.3. The van der Waals surface area contributed by atoms with Crippen LogP contribution in [0.25, 0.3) is 10.8 Å². The topological polar surface area (TPSA) is 55.4 Å². The van der Waals surface area contributed by atoms with Crippen molar-refractivity contribution in [1.29, 1.82) is 0 Å². The molecule has 0 aliphatic carbocycles. The Hall–Kier alpha value is -2.66. The minimum atomic E-state index is -0.495. The van der Waals surface area contributed by atoms with E-state index in [1.54, 1.807) is 23.5 Å². The van der Waals surface area contributed by atoms with E-state index in [0.29, 0.717) is 5.56 Å². The van der Waals surface area contributed by atoms with E-state index in [2.05, 4.69) is 5.32 Å². The average molecular weight is 339 g/mol. The number of amides is 1. The number of carbonyl (C=O) groups is 2. The van der Waals surface area contributed by atoms with Gasteiger partial charge in [-0.1, -0.05) is 42.5 Å². The van der Waals surface area contributed by atoms with Gasteiger partial charge in [-0.3, -0.25) is 4.79 Å². The van der Waals surface area contributed by atoms with Crippen LogP contribution in [0.4, 0.5) is 0 Å². The summed E-state index contributed by atoms with van der Waals surface area (Å²) in [5.74, 6) is -0.810. The summed E-state index contributed by atoms with van der Waals surface area (Å²) in [6.07, 6.45) is 0. The van der Waals surface area contributed by atoms with Gasteiger partial charge in [0.15, 0.2) is 6.61 Å². The molecule has 1 amide bonds. The van der Waals surface area contributed by atoms with E-state index in [4.69, 9.17) is 4.74 Å². The van der Waals surface area contributed by atoms with Crippen molar-refractivity contribution in [3.05, 3.63) is 70.4 Å². The predicted octanol–water partition coefficient (Wildman–Crippen LogP) is 3.94. The Morgan fingerprint density at radius 3 is 2.67 bits per heavy atom. The molecule has 3 aromatic rings. The third-order valence-corrected chi connectivity index (χ3v) is 4.75. The third kappa shape index (κ3) is 3.63. The highest BCUT2D eigenvalue weighted by molar-refractivity contribution is 7.10. The van der Waals surface area contributed by atoms with Gasteiger partial charge in [0.05, 0.1) is 11.6 Å². The highest BCUT2D eigenvalue weighted by Crippen LogP contribution is 2.20. The molecular formula is C19H17NO3S. The molecule has 122 valence electrons. The van der Waals surface area contributed by atoms with Gasteiger partial charge < -0.3 is 10.1 Å². The van der Waals surface area contributed by atoms with Crippen LogP contribution in [0.3, 0.4) is 0 Å². The first-order chi connectivity index (χ1) is 11.6. The quantitative estimate of drug-likeness (QED) is 0.717. The number of thiophene rings is 1. The molecule has 1 heterocycles. The molecule has 0 aliphatic heterocycles. The van der Waals surface area contributed by atoms with Gasteiger partial charge in [-0.25, -0.2) is 4.79 Å². The molecule has 1 N–H and O–H groups in total. The molecular weight excluding hydrogens is 322 g/mol. The Morgan fingerprint density at radius 1 is 1.08 bits per heavy atom. The van der Waals surface area contributed by atoms with E-state index in [1.165, 1.54) is 0 Å². The van der Waals surface area contributed by atoms with Crippen LogP contribution in [0.5, 0.6) is 0 Å². The number of ether oxygens (including phenoxy) is 1. The number of carbonyl (C=O) groups excluding carboxylic acids is 2. The second-order valence-corrected chi connectivity index (χ2v) is 6.39. The van der Waals surface area contributed by atoms with E-state index in [9.17, 15) is 9.59 Å². The van der Waals surface area contributed by atoms with E-state index in [1.807, 2.05) is 54.8 Å². The Morgan fingerprint density at radius 2 is 1.88 bits per heavy atom. The third-order valence-electron chi connectivity index (χ3n) is 3.69. The van der Waals surface area contributed by atoms with Crippen LogP contribution in [-0.2, 0) is 9.53 Å². The van der Waals surface area contributed by atoms with Crippen molar-refractivity contribution in [2.45, 2.75) is 13.0 Å². The molecule has 5 heteroatoms. The molecule has 0 fully saturated rings. The van der Waals surface area contributed by atoms with Gasteiger partial charge in [0.1, 0.15) is 0 Å². The lowest BCUT2D eigenvalue weighted by molar-refractivity contribution is -0.124. The fraction of sp³-hybridized carbons (Fsp3) is 0.158. The summed E-state index contributed by atoms with van der Waals surface area (Å²) in [5.41, 5.74) is 0.465. The van der Waals surface area contributed by atoms with Crippen LogP contribution in [0.15, 0.2) is 60.0 Å². The summed E-state index contributed by atoms with van der Waals surface area (Å²) in [6, 6.07) is 16.8. The molecule has 0 radical (unpaired) electrons. The fourth-order valence-corrected chi connectivity index (χ4v) is 3.24. The first-order valence-electron chi connectivity index (χ1n) is 7.63. The van der Waals surface area contributed by atoms with Crippen LogP contribution in [0.2, 0.25) is 0 Å². The summed E-state index contributed by atoms with van der Waals surface area (Å²) in [5, 5.41) is 6.56. The monoisotopic (exact) mass is 339 g/mol. The van der Waals surface area contributed by atoms with E-state index in [0.717, 1.165) is 15.6 Å². The summed E-state index contributed by atoms with van der Waals surface area (Å²) >= 11 is 1.57. The SMILES string of the molecule is C[C@H](NC(=O)COC(=O)c1cccc2ccccc12)c1cccs1.